The minimum atomic E-state index is -1.13. The number of halogens is 2. The van der Waals surface area contributed by atoms with Crippen molar-refractivity contribution in [2.24, 2.45) is 0 Å². The third-order valence-electron chi connectivity index (χ3n) is 7.82. The number of carboxylic acids is 1. The van der Waals surface area contributed by atoms with Gasteiger partial charge in [0.15, 0.2) is 0 Å². The van der Waals surface area contributed by atoms with Gasteiger partial charge in [0.2, 0.25) is 0 Å². The van der Waals surface area contributed by atoms with Crippen LogP contribution in [0.25, 0.3) is 11.3 Å². The van der Waals surface area contributed by atoms with Gasteiger partial charge >= 0.3 is 5.97 Å². The molecule has 212 valence electrons. The highest BCUT2D eigenvalue weighted by Crippen LogP contribution is 2.46. The summed E-state index contributed by atoms with van der Waals surface area (Å²) in [6.45, 7) is 3.15. The molecule has 4 aromatic rings. The van der Waals surface area contributed by atoms with Crippen LogP contribution in [0.1, 0.15) is 64.4 Å². The maximum Gasteiger partial charge on any atom is 0.335 e. The van der Waals surface area contributed by atoms with E-state index in [0.717, 1.165) is 35.3 Å². The molecule has 1 saturated heterocycles. The van der Waals surface area contributed by atoms with Gasteiger partial charge in [0.05, 0.1) is 26.8 Å². The molecule has 0 spiro atoms. The van der Waals surface area contributed by atoms with Crippen molar-refractivity contribution in [3.05, 3.63) is 87.0 Å². The second-order valence-electron chi connectivity index (χ2n) is 10.6. The number of aryl methyl sites for hydroxylation is 1. The molecule has 1 aliphatic carbocycles. The average Bonchev–Trinajstić information content (AvgIpc) is 3.72. The lowest BCUT2D eigenvalue weighted by molar-refractivity contribution is 0.0117. The van der Waals surface area contributed by atoms with E-state index in [0.29, 0.717) is 64.7 Å². The number of benzene rings is 1. The Bertz CT molecular complexity index is 1590. The van der Waals surface area contributed by atoms with Crippen molar-refractivity contribution in [3.8, 4) is 17.0 Å². The van der Waals surface area contributed by atoms with Gasteiger partial charge in [0, 0.05) is 48.7 Å². The number of piperidine rings is 1. The van der Waals surface area contributed by atoms with Crippen LogP contribution < -0.4 is 9.64 Å². The van der Waals surface area contributed by atoms with Crippen molar-refractivity contribution in [2.75, 3.05) is 18.0 Å². The van der Waals surface area contributed by atoms with Gasteiger partial charge in [-0.15, -0.1) is 0 Å². The maximum atomic E-state index is 11.5. The molecule has 1 aromatic carbocycles. The molecule has 6 rings (SSSR count). The molecule has 4 heterocycles. The minimum absolute atomic E-state index is 0.177. The predicted molar refractivity (Wildman–Crippen MR) is 154 cm³/mol. The Hall–Kier alpha value is -3.66. The molecular weight excluding hydrogens is 567 g/mol. The monoisotopic (exact) mass is 594 g/mol. The number of anilines is 1. The van der Waals surface area contributed by atoms with E-state index < -0.39 is 11.6 Å². The van der Waals surface area contributed by atoms with Gasteiger partial charge in [-0.1, -0.05) is 34.4 Å². The number of carboxylic acid groups (broad SMARTS) is 1. The van der Waals surface area contributed by atoms with Crippen LogP contribution in [0.3, 0.4) is 0 Å². The van der Waals surface area contributed by atoms with Gasteiger partial charge in [-0.05, 0) is 62.4 Å². The summed E-state index contributed by atoms with van der Waals surface area (Å²) < 4.78 is 11.9. The van der Waals surface area contributed by atoms with Gasteiger partial charge in [0.1, 0.15) is 29.6 Å². The summed E-state index contributed by atoms with van der Waals surface area (Å²) in [5.74, 6) is 1.27. The molecule has 0 atom stereocenters. The van der Waals surface area contributed by atoms with Gasteiger partial charge in [0.25, 0.3) is 0 Å². The third kappa shape index (κ3) is 5.49. The summed E-state index contributed by atoms with van der Waals surface area (Å²) in [6, 6.07) is 8.33. The number of hydrogen-bond donors (Lipinski definition) is 2. The largest absolute Gasteiger partial charge is 0.489 e. The highest BCUT2D eigenvalue weighted by molar-refractivity contribution is 6.33. The Balaban J connectivity index is 1.17. The van der Waals surface area contributed by atoms with Gasteiger partial charge in [-0.2, -0.15) is 0 Å². The highest BCUT2D eigenvalue weighted by Gasteiger charge is 2.37. The second-order valence-corrected chi connectivity index (χ2v) is 11.4. The van der Waals surface area contributed by atoms with Crippen LogP contribution in [-0.4, -0.2) is 44.4 Å². The van der Waals surface area contributed by atoms with Crippen molar-refractivity contribution in [1.82, 2.24) is 15.1 Å². The Morgan fingerprint density at radius 1 is 1.15 bits per heavy atom. The summed E-state index contributed by atoms with van der Waals surface area (Å²) in [7, 11) is 0. The number of aromatic nitrogens is 3. The Kier molecular flexibility index (Phi) is 7.36. The van der Waals surface area contributed by atoms with Crippen molar-refractivity contribution < 1.29 is 24.3 Å². The third-order valence-corrected chi connectivity index (χ3v) is 8.42. The summed E-state index contributed by atoms with van der Waals surface area (Å²) in [6.07, 6.45) is 7.73. The number of aromatic carboxylic acids is 1. The summed E-state index contributed by atoms with van der Waals surface area (Å²) in [5.41, 5.74) is 2.86. The van der Waals surface area contributed by atoms with E-state index in [4.69, 9.17) is 32.5 Å². The van der Waals surface area contributed by atoms with Crippen molar-refractivity contribution in [3.63, 3.8) is 0 Å². The Morgan fingerprint density at radius 3 is 2.61 bits per heavy atom. The Labute approximate surface area is 246 Å². The number of nitrogens with zero attached hydrogens (tertiary/aromatic N) is 4. The first kappa shape index (κ1) is 27.5. The van der Waals surface area contributed by atoms with E-state index in [1.807, 2.05) is 11.8 Å². The normalized spacial score (nSPS) is 16.5. The zero-order chi connectivity index (χ0) is 28.7. The predicted octanol–water partition coefficient (Wildman–Crippen LogP) is 6.39. The second kappa shape index (κ2) is 11.0. The highest BCUT2D eigenvalue weighted by atomic mass is 35.5. The first-order valence-corrected chi connectivity index (χ1v) is 14.2. The lowest BCUT2D eigenvalue weighted by Crippen LogP contribution is -2.43. The Morgan fingerprint density at radius 2 is 1.93 bits per heavy atom. The van der Waals surface area contributed by atoms with Crippen LogP contribution >= 0.6 is 23.2 Å². The zero-order valence-electron chi connectivity index (χ0n) is 22.3. The van der Waals surface area contributed by atoms with Gasteiger partial charge in [-0.3, -0.25) is 4.98 Å². The van der Waals surface area contributed by atoms with Crippen LogP contribution in [0, 0.1) is 6.92 Å². The molecule has 0 amide bonds. The number of ether oxygens (including phenoxy) is 1. The number of rotatable bonds is 8. The molecule has 11 heteroatoms. The first-order chi connectivity index (χ1) is 19.7. The van der Waals surface area contributed by atoms with Gasteiger partial charge < -0.3 is 24.4 Å². The smallest absolute Gasteiger partial charge is 0.335 e. The standard InChI is InChI=1S/C30H28Cl2N4O5/c1-17-14-33-15-24(32)26(17)27-21(28(41-35-27)18-2-3-18)16-40-20-4-5-22(23(31)13-20)30(39)7-10-36(11-8-30)25-12-19(29(37)38)6-9-34-25/h4-6,9,12-15,18,39H,2-3,7-8,10-11,16H2,1H3,(H,37,38). The maximum absolute atomic E-state index is 11.5. The molecule has 0 bridgehead atoms. The molecule has 3 aromatic heterocycles. The van der Waals surface area contributed by atoms with Crippen molar-refractivity contribution in [1.29, 1.82) is 0 Å². The topological polar surface area (TPSA) is 122 Å². The fraction of sp³-hybridized carbons (Fsp3) is 0.333. The zero-order valence-corrected chi connectivity index (χ0v) is 23.8. The minimum Gasteiger partial charge on any atom is -0.489 e. The van der Waals surface area contributed by atoms with Gasteiger partial charge in [-0.25, -0.2) is 9.78 Å². The van der Waals surface area contributed by atoms with E-state index in [1.165, 1.54) is 12.3 Å². The summed E-state index contributed by atoms with van der Waals surface area (Å²) >= 11 is 13.2. The van der Waals surface area contributed by atoms with Crippen molar-refractivity contribution >= 4 is 35.0 Å². The summed E-state index contributed by atoms with van der Waals surface area (Å²) in [5, 5.41) is 26.1. The fourth-order valence-electron chi connectivity index (χ4n) is 5.37. The van der Waals surface area contributed by atoms with Crippen LogP contribution in [0.5, 0.6) is 5.75 Å². The van der Waals surface area contributed by atoms with E-state index in [2.05, 4.69) is 15.1 Å². The number of aliphatic hydroxyl groups is 1. The molecule has 1 aliphatic heterocycles. The van der Waals surface area contributed by atoms with Crippen LogP contribution in [0.2, 0.25) is 10.0 Å². The molecule has 1 saturated carbocycles. The quantitative estimate of drug-likeness (QED) is 0.239. The number of carbonyl (C=O) groups is 1. The number of hydrogen-bond acceptors (Lipinski definition) is 8. The van der Waals surface area contributed by atoms with E-state index in [-0.39, 0.29) is 12.2 Å². The molecule has 2 aliphatic rings. The molecular formula is C30H28Cl2N4O5. The molecule has 2 fully saturated rings. The van der Waals surface area contributed by atoms with Crippen LogP contribution in [0.4, 0.5) is 5.82 Å². The lowest BCUT2D eigenvalue weighted by Gasteiger charge is -2.39. The van der Waals surface area contributed by atoms with Crippen LogP contribution in [-0.2, 0) is 12.2 Å². The lowest BCUT2D eigenvalue weighted by atomic mass is 9.84. The SMILES string of the molecule is Cc1cncc(Cl)c1-c1noc(C2CC2)c1COc1ccc(C2(O)CCN(c3cc(C(=O)O)ccn3)CC2)c(Cl)c1. The number of pyridine rings is 2. The van der Waals surface area contributed by atoms with E-state index >= 15 is 0 Å². The van der Waals surface area contributed by atoms with Crippen LogP contribution in [0.15, 0.2) is 53.4 Å². The molecule has 2 N–H and O–H groups in total. The molecule has 9 nitrogen and oxygen atoms in total. The first-order valence-electron chi connectivity index (χ1n) is 13.4. The summed E-state index contributed by atoms with van der Waals surface area (Å²) in [4.78, 5) is 21.8. The molecule has 0 unspecified atom stereocenters. The fourth-order valence-corrected chi connectivity index (χ4v) is 6.02. The average molecular weight is 595 g/mol. The van der Waals surface area contributed by atoms with Crippen molar-refractivity contribution in [2.45, 2.75) is 50.7 Å². The molecule has 41 heavy (non-hydrogen) atoms. The van der Waals surface area contributed by atoms with E-state index in [9.17, 15) is 15.0 Å². The molecule has 0 radical (unpaired) electrons. The van der Waals surface area contributed by atoms with E-state index in [1.54, 1.807) is 36.7 Å².